The van der Waals surface area contributed by atoms with Gasteiger partial charge in [-0.1, -0.05) is 44.0 Å². The highest BCUT2D eigenvalue weighted by molar-refractivity contribution is 9.11. The Hall–Kier alpha value is -2.17. The molecule has 0 aliphatic heterocycles. The van der Waals surface area contributed by atoms with E-state index in [1.165, 1.54) is 7.11 Å². The fourth-order valence-electron chi connectivity index (χ4n) is 2.21. The van der Waals surface area contributed by atoms with Crippen LogP contribution in [-0.4, -0.2) is 25.0 Å². The van der Waals surface area contributed by atoms with Crippen molar-refractivity contribution in [2.75, 3.05) is 7.11 Å². The van der Waals surface area contributed by atoms with Crippen molar-refractivity contribution in [1.29, 1.82) is 5.26 Å². The van der Waals surface area contributed by atoms with Gasteiger partial charge in [-0.3, -0.25) is 4.79 Å². The number of hydrogen-bond donors (Lipinski definition) is 1. The van der Waals surface area contributed by atoms with Gasteiger partial charge in [0, 0.05) is 20.9 Å². The molecule has 1 N–H and O–H groups in total. The van der Waals surface area contributed by atoms with Crippen LogP contribution in [0.25, 0.3) is 0 Å². The lowest BCUT2D eigenvalue weighted by Crippen LogP contribution is -2.43. The molecular formula is C18H14Br2N2O3. The Morgan fingerprint density at radius 1 is 1.16 bits per heavy atom. The van der Waals surface area contributed by atoms with Crippen LogP contribution in [0.3, 0.4) is 0 Å². The number of nitrogens with zero attached hydrogens (tertiary/aromatic N) is 1. The number of amides is 1. The lowest BCUT2D eigenvalue weighted by Gasteiger charge is -2.17. The Balaban J connectivity index is 2.18. The first kappa shape index (κ1) is 19.2. The molecule has 5 nitrogen and oxygen atoms in total. The maximum atomic E-state index is 12.5. The second-order valence-electron chi connectivity index (χ2n) is 5.22. The normalized spacial score (nSPS) is 11.3. The zero-order valence-electron chi connectivity index (χ0n) is 13.3. The molecule has 0 spiro atoms. The summed E-state index contributed by atoms with van der Waals surface area (Å²) in [4.78, 5) is 24.5. The van der Waals surface area contributed by atoms with E-state index in [4.69, 9.17) is 10.00 Å². The third-order valence-electron chi connectivity index (χ3n) is 3.44. The van der Waals surface area contributed by atoms with Gasteiger partial charge in [0.2, 0.25) is 0 Å². The molecule has 0 aromatic heterocycles. The Kier molecular flexibility index (Phi) is 6.73. The molecule has 2 aromatic rings. The first-order valence-electron chi connectivity index (χ1n) is 7.26. The van der Waals surface area contributed by atoms with Crippen molar-refractivity contribution in [1.82, 2.24) is 5.32 Å². The highest BCUT2D eigenvalue weighted by Gasteiger charge is 2.23. The summed E-state index contributed by atoms with van der Waals surface area (Å²) in [6, 6.07) is 13.2. The summed E-state index contributed by atoms with van der Waals surface area (Å²) in [5.74, 6) is -0.919. The van der Waals surface area contributed by atoms with Crippen molar-refractivity contribution in [2.45, 2.75) is 12.5 Å². The van der Waals surface area contributed by atoms with E-state index in [1.807, 2.05) is 12.1 Å². The summed E-state index contributed by atoms with van der Waals surface area (Å²) >= 11 is 6.66. The summed E-state index contributed by atoms with van der Waals surface area (Å²) in [6.07, 6.45) is 0.263. The van der Waals surface area contributed by atoms with E-state index in [9.17, 15) is 9.59 Å². The predicted octanol–water partition coefficient (Wildman–Crippen LogP) is 3.60. The minimum absolute atomic E-state index is 0.263. The molecular weight excluding hydrogens is 452 g/mol. The SMILES string of the molecule is COC(=O)[C@@H](Cc1ccc(C#N)cc1)NC(=O)c1cc(Br)cc(Br)c1. The van der Waals surface area contributed by atoms with Crippen molar-refractivity contribution in [3.63, 3.8) is 0 Å². The number of rotatable bonds is 5. The van der Waals surface area contributed by atoms with Crippen LogP contribution in [0.4, 0.5) is 0 Å². The van der Waals surface area contributed by atoms with Gasteiger partial charge in [0.05, 0.1) is 18.7 Å². The molecule has 0 aliphatic rings. The standard InChI is InChI=1S/C18H14Br2N2O3/c1-25-18(24)16(6-11-2-4-12(10-21)5-3-11)22-17(23)13-7-14(19)9-15(20)8-13/h2-5,7-9,16H,6H2,1H3,(H,22,23)/t16-/m1/s1. The molecule has 0 saturated carbocycles. The molecule has 0 aliphatic carbocycles. The lowest BCUT2D eigenvalue weighted by atomic mass is 10.0. The third kappa shape index (κ3) is 5.41. The average Bonchev–Trinajstić information content (AvgIpc) is 2.60. The van der Waals surface area contributed by atoms with Gasteiger partial charge in [0.25, 0.3) is 5.91 Å². The Labute approximate surface area is 162 Å². The number of carbonyl (C=O) groups is 2. The Morgan fingerprint density at radius 3 is 2.28 bits per heavy atom. The second-order valence-corrected chi connectivity index (χ2v) is 7.05. The van der Waals surface area contributed by atoms with Crippen LogP contribution in [0.2, 0.25) is 0 Å². The van der Waals surface area contributed by atoms with Gasteiger partial charge in [-0.25, -0.2) is 4.79 Å². The highest BCUT2D eigenvalue weighted by Crippen LogP contribution is 2.20. The number of nitriles is 1. The number of benzene rings is 2. The number of methoxy groups -OCH3 is 1. The fourth-order valence-corrected chi connectivity index (χ4v) is 3.51. The Bertz CT molecular complexity index is 809. The summed E-state index contributed by atoms with van der Waals surface area (Å²) in [6.45, 7) is 0. The monoisotopic (exact) mass is 464 g/mol. The molecule has 2 rings (SSSR count). The maximum Gasteiger partial charge on any atom is 0.328 e. The first-order valence-corrected chi connectivity index (χ1v) is 8.85. The van der Waals surface area contributed by atoms with Crippen molar-refractivity contribution in [3.8, 4) is 6.07 Å². The van der Waals surface area contributed by atoms with Crippen molar-refractivity contribution < 1.29 is 14.3 Å². The van der Waals surface area contributed by atoms with Crippen LogP contribution in [0.5, 0.6) is 0 Å². The summed E-state index contributed by atoms with van der Waals surface area (Å²) in [5.41, 5.74) is 1.75. The smallest absolute Gasteiger partial charge is 0.328 e. The van der Waals surface area contributed by atoms with Crippen molar-refractivity contribution in [3.05, 3.63) is 68.1 Å². The van der Waals surface area contributed by atoms with E-state index >= 15 is 0 Å². The minimum Gasteiger partial charge on any atom is -0.467 e. The van der Waals surface area contributed by atoms with Gasteiger partial charge in [-0.2, -0.15) is 5.26 Å². The van der Waals surface area contributed by atoms with Gasteiger partial charge in [-0.05, 0) is 35.9 Å². The molecule has 0 bridgehead atoms. The first-order chi connectivity index (χ1) is 11.9. The molecule has 0 unspecified atom stereocenters. The molecule has 2 aromatic carbocycles. The van der Waals surface area contributed by atoms with E-state index in [1.54, 1.807) is 36.4 Å². The highest BCUT2D eigenvalue weighted by atomic mass is 79.9. The quantitative estimate of drug-likeness (QED) is 0.684. The third-order valence-corrected chi connectivity index (χ3v) is 4.35. The number of carbonyl (C=O) groups excluding carboxylic acids is 2. The number of esters is 1. The molecule has 1 amide bonds. The van der Waals surface area contributed by atoms with Crippen molar-refractivity contribution >= 4 is 43.7 Å². The molecule has 128 valence electrons. The van der Waals surface area contributed by atoms with Crippen molar-refractivity contribution in [2.24, 2.45) is 0 Å². The molecule has 0 saturated heterocycles. The van der Waals surface area contributed by atoms with Crippen LogP contribution in [0, 0.1) is 11.3 Å². The van der Waals surface area contributed by atoms with Gasteiger partial charge >= 0.3 is 5.97 Å². The maximum absolute atomic E-state index is 12.5. The topological polar surface area (TPSA) is 79.2 Å². The zero-order chi connectivity index (χ0) is 18.4. The molecule has 25 heavy (non-hydrogen) atoms. The van der Waals surface area contributed by atoms with Crippen LogP contribution in [-0.2, 0) is 16.0 Å². The molecule has 7 heteroatoms. The molecule has 1 atom stereocenters. The van der Waals surface area contributed by atoms with Crippen LogP contribution < -0.4 is 5.32 Å². The average molecular weight is 466 g/mol. The lowest BCUT2D eigenvalue weighted by molar-refractivity contribution is -0.142. The zero-order valence-corrected chi connectivity index (χ0v) is 16.4. The predicted molar refractivity (Wildman–Crippen MR) is 100.0 cm³/mol. The fraction of sp³-hybridized carbons (Fsp3) is 0.167. The van der Waals surface area contributed by atoms with Crippen LogP contribution >= 0.6 is 31.9 Å². The van der Waals surface area contributed by atoms with E-state index in [-0.39, 0.29) is 12.3 Å². The minimum atomic E-state index is -0.830. The second kappa shape index (κ2) is 8.79. The molecule has 0 heterocycles. The van der Waals surface area contributed by atoms with Gasteiger partial charge < -0.3 is 10.1 Å². The molecule has 0 radical (unpaired) electrons. The van der Waals surface area contributed by atoms with Gasteiger partial charge in [-0.15, -0.1) is 0 Å². The summed E-state index contributed by atoms with van der Waals surface area (Å²) < 4.78 is 6.28. The van der Waals surface area contributed by atoms with Gasteiger partial charge in [0.15, 0.2) is 0 Å². The number of hydrogen-bond acceptors (Lipinski definition) is 4. The number of nitrogens with one attached hydrogen (secondary N) is 1. The van der Waals surface area contributed by atoms with Crippen LogP contribution in [0.1, 0.15) is 21.5 Å². The summed E-state index contributed by atoms with van der Waals surface area (Å²) in [7, 11) is 1.27. The van der Waals surface area contributed by atoms with E-state index in [0.717, 1.165) is 14.5 Å². The molecule has 0 fully saturated rings. The van der Waals surface area contributed by atoms with E-state index in [2.05, 4.69) is 37.2 Å². The Morgan fingerprint density at radius 2 is 1.76 bits per heavy atom. The number of halogens is 2. The number of ether oxygens (including phenoxy) is 1. The van der Waals surface area contributed by atoms with E-state index in [0.29, 0.717) is 11.1 Å². The van der Waals surface area contributed by atoms with Gasteiger partial charge in [0.1, 0.15) is 6.04 Å². The summed E-state index contributed by atoms with van der Waals surface area (Å²) in [5, 5.41) is 11.5. The largest absolute Gasteiger partial charge is 0.467 e. The van der Waals surface area contributed by atoms with E-state index < -0.39 is 12.0 Å². The van der Waals surface area contributed by atoms with Crippen LogP contribution in [0.15, 0.2) is 51.4 Å².